The second-order valence-corrected chi connectivity index (χ2v) is 6.51. The van der Waals surface area contributed by atoms with Crippen LogP contribution < -0.4 is 5.32 Å². The first-order valence-electron chi connectivity index (χ1n) is 6.57. The van der Waals surface area contributed by atoms with E-state index in [1.54, 1.807) is 12.5 Å². The van der Waals surface area contributed by atoms with Crippen molar-refractivity contribution in [2.45, 2.75) is 18.6 Å². The molecule has 2 rings (SSSR count). The second kappa shape index (κ2) is 7.14. The summed E-state index contributed by atoms with van der Waals surface area (Å²) in [6, 6.07) is 12.0. The Morgan fingerprint density at radius 3 is 2.70 bits per heavy atom. The molecule has 2 atom stereocenters. The van der Waals surface area contributed by atoms with Gasteiger partial charge in [0, 0.05) is 41.5 Å². The van der Waals surface area contributed by atoms with Crippen LogP contribution in [0.15, 0.2) is 42.6 Å². The third kappa shape index (κ3) is 4.42. The van der Waals surface area contributed by atoms with Gasteiger partial charge in [-0.15, -0.1) is 0 Å². The molecular weight excluding hydrogens is 270 g/mol. The van der Waals surface area contributed by atoms with Crippen molar-refractivity contribution in [1.82, 2.24) is 9.97 Å². The molecule has 106 valence electrons. The third-order valence-corrected chi connectivity index (χ3v) is 4.35. The largest absolute Gasteiger partial charge is 0.369 e. The molecule has 0 spiro atoms. The summed E-state index contributed by atoms with van der Waals surface area (Å²) in [7, 11) is -0.827. The number of benzene rings is 1. The number of aromatic nitrogens is 2. The van der Waals surface area contributed by atoms with Crippen LogP contribution in [-0.2, 0) is 17.2 Å². The van der Waals surface area contributed by atoms with Gasteiger partial charge in [0.15, 0.2) is 0 Å². The maximum atomic E-state index is 11.3. The number of hydrogen-bond acceptors (Lipinski definition) is 4. The molecule has 1 aromatic carbocycles. The highest BCUT2D eigenvalue weighted by Crippen LogP contribution is 2.08. The monoisotopic (exact) mass is 289 g/mol. The Morgan fingerprint density at radius 1 is 1.25 bits per heavy atom. The summed E-state index contributed by atoms with van der Waals surface area (Å²) >= 11 is 0. The molecule has 1 heterocycles. The van der Waals surface area contributed by atoms with Crippen LogP contribution in [-0.4, -0.2) is 32.2 Å². The van der Waals surface area contributed by atoms with Crippen molar-refractivity contribution in [2.24, 2.45) is 0 Å². The molecule has 2 aromatic rings. The Kier molecular flexibility index (Phi) is 5.24. The number of rotatable bonds is 6. The summed E-state index contributed by atoms with van der Waals surface area (Å²) in [5, 5.41) is 3.31. The van der Waals surface area contributed by atoms with E-state index in [-0.39, 0.29) is 5.25 Å². The molecule has 0 aliphatic heterocycles. The van der Waals surface area contributed by atoms with Crippen LogP contribution in [0.5, 0.6) is 0 Å². The van der Waals surface area contributed by atoms with Crippen molar-refractivity contribution in [3.63, 3.8) is 0 Å². The molecule has 1 aromatic heterocycles. The van der Waals surface area contributed by atoms with Crippen molar-refractivity contribution < 1.29 is 4.21 Å². The number of hydrogen-bond donors (Lipinski definition) is 1. The van der Waals surface area contributed by atoms with Gasteiger partial charge in [0.05, 0.1) is 0 Å². The normalized spacial score (nSPS) is 13.7. The molecule has 0 fully saturated rings. The zero-order chi connectivity index (χ0) is 14.4. The first-order chi connectivity index (χ1) is 9.65. The van der Waals surface area contributed by atoms with E-state index in [9.17, 15) is 4.21 Å². The fourth-order valence-electron chi connectivity index (χ4n) is 1.73. The van der Waals surface area contributed by atoms with E-state index in [0.29, 0.717) is 13.0 Å². The van der Waals surface area contributed by atoms with E-state index in [2.05, 4.69) is 27.4 Å². The molecule has 5 heteroatoms. The predicted octanol–water partition coefficient (Wildman–Crippen LogP) is 2.25. The molecule has 1 N–H and O–H groups in total. The summed E-state index contributed by atoms with van der Waals surface area (Å²) in [6.45, 7) is 2.60. The molecule has 0 saturated heterocycles. The summed E-state index contributed by atoms with van der Waals surface area (Å²) < 4.78 is 11.3. The SMILES string of the molecule is CC(CNc1ccnc(Cc2ccccc2)n1)S(C)=O. The lowest BCUT2D eigenvalue weighted by molar-refractivity contribution is 0.678. The Bertz CT molecular complexity index is 574. The highest BCUT2D eigenvalue weighted by molar-refractivity contribution is 7.84. The fourth-order valence-corrected chi connectivity index (χ4v) is 2.04. The number of nitrogens with zero attached hydrogens (tertiary/aromatic N) is 2. The molecule has 0 radical (unpaired) electrons. The van der Waals surface area contributed by atoms with Crippen LogP contribution in [0.1, 0.15) is 18.3 Å². The maximum Gasteiger partial charge on any atom is 0.135 e. The zero-order valence-corrected chi connectivity index (χ0v) is 12.6. The van der Waals surface area contributed by atoms with Crippen LogP contribution in [0.2, 0.25) is 0 Å². The Morgan fingerprint density at radius 2 is 2.00 bits per heavy atom. The molecule has 4 nitrogen and oxygen atoms in total. The highest BCUT2D eigenvalue weighted by atomic mass is 32.2. The van der Waals surface area contributed by atoms with Crippen molar-refractivity contribution in [1.29, 1.82) is 0 Å². The number of nitrogens with one attached hydrogen (secondary N) is 1. The summed E-state index contributed by atoms with van der Waals surface area (Å²) in [6.07, 6.45) is 4.18. The first kappa shape index (κ1) is 14.7. The van der Waals surface area contributed by atoms with Crippen molar-refractivity contribution in [2.75, 3.05) is 18.1 Å². The second-order valence-electron chi connectivity index (χ2n) is 4.71. The van der Waals surface area contributed by atoms with Gasteiger partial charge in [0.25, 0.3) is 0 Å². The first-order valence-corrected chi connectivity index (χ1v) is 8.19. The van der Waals surface area contributed by atoms with Gasteiger partial charge in [-0.1, -0.05) is 30.3 Å². The topological polar surface area (TPSA) is 54.9 Å². The van der Waals surface area contributed by atoms with Gasteiger partial charge >= 0.3 is 0 Å². The van der Waals surface area contributed by atoms with Gasteiger partial charge in [-0.2, -0.15) is 0 Å². The van der Waals surface area contributed by atoms with E-state index in [1.165, 1.54) is 5.56 Å². The van der Waals surface area contributed by atoms with Crippen LogP contribution in [0.3, 0.4) is 0 Å². The van der Waals surface area contributed by atoms with Gasteiger partial charge < -0.3 is 5.32 Å². The fraction of sp³-hybridized carbons (Fsp3) is 0.333. The molecule has 0 saturated carbocycles. The lowest BCUT2D eigenvalue weighted by Gasteiger charge is -2.11. The lowest BCUT2D eigenvalue weighted by Crippen LogP contribution is -2.21. The van der Waals surface area contributed by atoms with Gasteiger partial charge in [-0.3, -0.25) is 4.21 Å². The third-order valence-electron chi connectivity index (χ3n) is 3.05. The lowest BCUT2D eigenvalue weighted by atomic mass is 10.1. The molecule has 0 aliphatic rings. The van der Waals surface area contributed by atoms with Gasteiger partial charge in [-0.25, -0.2) is 9.97 Å². The Labute approximate surface area is 122 Å². The standard InChI is InChI=1S/C15H19N3OS/c1-12(20(2)19)11-17-14-8-9-16-15(18-14)10-13-6-4-3-5-7-13/h3-9,12H,10-11H2,1-2H3,(H,16,17,18). The molecule has 0 aliphatic carbocycles. The summed E-state index contributed by atoms with van der Waals surface area (Å²) in [5.74, 6) is 1.56. The summed E-state index contributed by atoms with van der Waals surface area (Å²) in [5.41, 5.74) is 1.19. The Balaban J connectivity index is 1.99. The van der Waals surface area contributed by atoms with E-state index < -0.39 is 10.8 Å². The minimum atomic E-state index is -0.827. The molecular formula is C15H19N3OS. The van der Waals surface area contributed by atoms with Crippen molar-refractivity contribution >= 4 is 16.6 Å². The van der Waals surface area contributed by atoms with E-state index in [0.717, 1.165) is 11.6 Å². The quantitative estimate of drug-likeness (QED) is 0.886. The van der Waals surface area contributed by atoms with E-state index in [4.69, 9.17) is 0 Å². The molecule has 2 unspecified atom stereocenters. The minimum absolute atomic E-state index is 0.0996. The van der Waals surface area contributed by atoms with Gasteiger partial charge in [0.1, 0.15) is 11.6 Å². The van der Waals surface area contributed by atoms with E-state index >= 15 is 0 Å². The van der Waals surface area contributed by atoms with Crippen LogP contribution in [0.25, 0.3) is 0 Å². The van der Waals surface area contributed by atoms with Crippen LogP contribution in [0, 0.1) is 0 Å². The summed E-state index contributed by atoms with van der Waals surface area (Å²) in [4.78, 5) is 8.76. The smallest absolute Gasteiger partial charge is 0.135 e. The number of anilines is 1. The predicted molar refractivity (Wildman–Crippen MR) is 83.3 cm³/mol. The van der Waals surface area contributed by atoms with E-state index in [1.807, 2.05) is 31.2 Å². The minimum Gasteiger partial charge on any atom is -0.369 e. The molecule has 20 heavy (non-hydrogen) atoms. The molecule has 0 bridgehead atoms. The van der Waals surface area contributed by atoms with Crippen molar-refractivity contribution in [3.8, 4) is 0 Å². The average Bonchev–Trinajstić information content (AvgIpc) is 2.46. The Hall–Kier alpha value is -1.75. The van der Waals surface area contributed by atoms with Gasteiger partial charge in [-0.05, 0) is 18.6 Å². The van der Waals surface area contributed by atoms with Crippen LogP contribution >= 0.6 is 0 Å². The maximum absolute atomic E-state index is 11.3. The zero-order valence-electron chi connectivity index (χ0n) is 11.7. The van der Waals surface area contributed by atoms with Crippen LogP contribution in [0.4, 0.5) is 5.82 Å². The highest BCUT2D eigenvalue weighted by Gasteiger charge is 2.06. The van der Waals surface area contributed by atoms with Crippen molar-refractivity contribution in [3.05, 3.63) is 54.0 Å². The van der Waals surface area contributed by atoms with Gasteiger partial charge in [0.2, 0.25) is 0 Å². The molecule has 0 amide bonds. The average molecular weight is 289 g/mol.